The van der Waals surface area contributed by atoms with E-state index in [2.05, 4.69) is 9.98 Å². The van der Waals surface area contributed by atoms with Crippen LogP contribution in [0, 0.1) is 0 Å². The lowest BCUT2D eigenvalue weighted by atomic mass is 9.96. The van der Waals surface area contributed by atoms with Gasteiger partial charge >= 0.3 is 5.97 Å². The van der Waals surface area contributed by atoms with Crippen LogP contribution >= 0.6 is 11.3 Å². The van der Waals surface area contributed by atoms with E-state index in [-0.39, 0.29) is 5.56 Å². The van der Waals surface area contributed by atoms with Crippen molar-refractivity contribution in [1.82, 2.24) is 9.55 Å². The third-order valence-electron chi connectivity index (χ3n) is 4.82. The van der Waals surface area contributed by atoms with Gasteiger partial charge in [-0.05, 0) is 42.3 Å². The van der Waals surface area contributed by atoms with E-state index in [4.69, 9.17) is 9.47 Å². The number of benzene rings is 1. The molecule has 3 heterocycles. The molecule has 1 aliphatic rings. The predicted octanol–water partition coefficient (Wildman–Crippen LogP) is 1.81. The van der Waals surface area contributed by atoms with Gasteiger partial charge in [0.25, 0.3) is 5.56 Å². The lowest BCUT2D eigenvalue weighted by Crippen LogP contribution is -2.39. The fourth-order valence-electron chi connectivity index (χ4n) is 3.43. The van der Waals surface area contributed by atoms with Crippen LogP contribution in [0.15, 0.2) is 69.8 Å². The molecule has 30 heavy (non-hydrogen) atoms. The van der Waals surface area contributed by atoms with Crippen LogP contribution in [-0.4, -0.2) is 29.7 Å². The van der Waals surface area contributed by atoms with Crippen molar-refractivity contribution in [2.45, 2.75) is 13.0 Å². The Morgan fingerprint density at radius 3 is 2.77 bits per heavy atom. The first-order valence-electron chi connectivity index (χ1n) is 9.18. The molecule has 8 heteroatoms. The monoisotopic (exact) mass is 421 g/mol. The number of nitrogens with zero attached hydrogens (tertiary/aromatic N) is 3. The number of aromatic nitrogens is 2. The summed E-state index contributed by atoms with van der Waals surface area (Å²) in [6.45, 7) is 1.75. The second-order valence-corrected chi connectivity index (χ2v) is 7.65. The number of rotatable bonds is 4. The molecule has 0 bridgehead atoms. The van der Waals surface area contributed by atoms with E-state index in [1.54, 1.807) is 43.1 Å². The molecule has 0 saturated carbocycles. The SMILES string of the molecule is COC(=O)C1=C(C)N=c2s/c(=C\c3cccnc3)c(=O)n2[C@@H]1c1cccc(OC)c1. The molecule has 0 N–H and O–H groups in total. The smallest absolute Gasteiger partial charge is 0.338 e. The lowest BCUT2D eigenvalue weighted by Gasteiger charge is -2.24. The topological polar surface area (TPSA) is 82.8 Å². The predicted molar refractivity (Wildman–Crippen MR) is 113 cm³/mol. The molecule has 0 fully saturated rings. The highest BCUT2D eigenvalue weighted by Crippen LogP contribution is 2.32. The van der Waals surface area contributed by atoms with Crippen molar-refractivity contribution in [3.63, 3.8) is 0 Å². The Kier molecular flexibility index (Phi) is 5.33. The minimum atomic E-state index is -0.667. The Bertz CT molecular complexity index is 1320. The third kappa shape index (κ3) is 3.46. The van der Waals surface area contributed by atoms with Crippen molar-refractivity contribution in [2.24, 2.45) is 4.99 Å². The molecule has 0 spiro atoms. The van der Waals surface area contributed by atoms with Crippen LogP contribution in [-0.2, 0) is 9.53 Å². The van der Waals surface area contributed by atoms with Gasteiger partial charge in [-0.2, -0.15) is 0 Å². The van der Waals surface area contributed by atoms with Crippen molar-refractivity contribution in [1.29, 1.82) is 0 Å². The fourth-order valence-corrected chi connectivity index (χ4v) is 4.48. The number of allylic oxidation sites excluding steroid dienone is 1. The number of methoxy groups -OCH3 is 2. The van der Waals surface area contributed by atoms with Gasteiger partial charge in [-0.25, -0.2) is 9.79 Å². The highest BCUT2D eigenvalue weighted by Gasteiger charge is 2.33. The number of fused-ring (bicyclic) bond motifs is 1. The molecule has 0 amide bonds. The van der Waals surface area contributed by atoms with Gasteiger partial charge in [0.1, 0.15) is 5.75 Å². The molecule has 4 rings (SSSR count). The largest absolute Gasteiger partial charge is 0.497 e. The molecular formula is C22H19N3O4S. The maximum Gasteiger partial charge on any atom is 0.338 e. The molecule has 3 aromatic rings. The Morgan fingerprint density at radius 1 is 1.23 bits per heavy atom. The average Bonchev–Trinajstić information content (AvgIpc) is 3.07. The minimum Gasteiger partial charge on any atom is -0.497 e. The van der Waals surface area contributed by atoms with E-state index in [0.29, 0.717) is 26.4 Å². The van der Waals surface area contributed by atoms with Crippen LogP contribution in [0.5, 0.6) is 5.75 Å². The number of hydrogen-bond donors (Lipinski definition) is 0. The first kappa shape index (κ1) is 19.8. The number of hydrogen-bond acceptors (Lipinski definition) is 7. The van der Waals surface area contributed by atoms with Gasteiger partial charge in [-0.15, -0.1) is 0 Å². The number of esters is 1. The van der Waals surface area contributed by atoms with Crippen LogP contribution in [0.1, 0.15) is 24.1 Å². The summed E-state index contributed by atoms with van der Waals surface area (Å²) in [5.74, 6) is 0.106. The summed E-state index contributed by atoms with van der Waals surface area (Å²) in [5.41, 5.74) is 2.15. The maximum atomic E-state index is 13.4. The van der Waals surface area contributed by atoms with Crippen molar-refractivity contribution >= 4 is 23.4 Å². The number of carbonyl (C=O) groups excluding carboxylic acids is 1. The number of ether oxygens (including phenoxy) is 2. The molecule has 2 aromatic heterocycles. The Hall–Kier alpha value is -3.52. The molecule has 0 saturated heterocycles. The third-order valence-corrected chi connectivity index (χ3v) is 5.80. The molecule has 0 aliphatic carbocycles. The molecule has 7 nitrogen and oxygen atoms in total. The average molecular weight is 421 g/mol. The summed E-state index contributed by atoms with van der Waals surface area (Å²) in [5, 5.41) is 0. The van der Waals surface area contributed by atoms with E-state index in [1.807, 2.05) is 30.3 Å². The van der Waals surface area contributed by atoms with Crippen LogP contribution in [0.3, 0.4) is 0 Å². The second-order valence-electron chi connectivity index (χ2n) is 6.64. The fraction of sp³-hybridized carbons (Fsp3) is 0.182. The first-order chi connectivity index (χ1) is 14.5. The maximum absolute atomic E-state index is 13.4. The summed E-state index contributed by atoms with van der Waals surface area (Å²) in [7, 11) is 2.89. The summed E-state index contributed by atoms with van der Waals surface area (Å²) in [6.07, 6.45) is 5.13. The van der Waals surface area contributed by atoms with Gasteiger partial charge in [0.15, 0.2) is 4.80 Å². The van der Waals surface area contributed by atoms with Crippen molar-refractivity contribution in [3.8, 4) is 5.75 Å². The van der Waals surface area contributed by atoms with E-state index >= 15 is 0 Å². The lowest BCUT2D eigenvalue weighted by molar-refractivity contribution is -0.136. The minimum absolute atomic E-state index is 0.232. The van der Waals surface area contributed by atoms with E-state index in [0.717, 1.165) is 11.1 Å². The van der Waals surface area contributed by atoms with E-state index in [1.165, 1.54) is 18.4 Å². The molecule has 1 atom stereocenters. The summed E-state index contributed by atoms with van der Waals surface area (Å²) >= 11 is 1.27. The van der Waals surface area contributed by atoms with Crippen LogP contribution in [0.2, 0.25) is 0 Å². The second kappa shape index (κ2) is 8.08. The van der Waals surface area contributed by atoms with Gasteiger partial charge in [-0.1, -0.05) is 29.5 Å². The highest BCUT2D eigenvalue weighted by atomic mass is 32.1. The van der Waals surface area contributed by atoms with Crippen molar-refractivity contribution in [2.75, 3.05) is 14.2 Å². The normalized spacial score (nSPS) is 16.1. The van der Waals surface area contributed by atoms with Gasteiger partial charge < -0.3 is 9.47 Å². The molecule has 0 radical (unpaired) electrons. The summed E-state index contributed by atoms with van der Waals surface area (Å²) < 4.78 is 12.4. The zero-order valence-electron chi connectivity index (χ0n) is 16.7. The zero-order chi connectivity index (χ0) is 21.3. The number of pyridine rings is 1. The van der Waals surface area contributed by atoms with Crippen LogP contribution in [0.4, 0.5) is 0 Å². The molecule has 1 aromatic carbocycles. The zero-order valence-corrected chi connectivity index (χ0v) is 17.5. The quantitative estimate of drug-likeness (QED) is 0.600. The molecule has 152 valence electrons. The number of carbonyl (C=O) groups is 1. The highest BCUT2D eigenvalue weighted by molar-refractivity contribution is 7.07. The van der Waals surface area contributed by atoms with Crippen LogP contribution < -0.4 is 19.6 Å². The summed E-state index contributed by atoms with van der Waals surface area (Å²) in [4.78, 5) is 35.2. The van der Waals surface area contributed by atoms with E-state index < -0.39 is 12.0 Å². The number of thiazole rings is 1. The summed E-state index contributed by atoms with van der Waals surface area (Å²) in [6, 6.07) is 10.3. The van der Waals surface area contributed by atoms with Crippen molar-refractivity contribution < 1.29 is 14.3 Å². The first-order valence-corrected chi connectivity index (χ1v) is 10.00. The molecular weight excluding hydrogens is 402 g/mol. The Balaban J connectivity index is 1.99. The van der Waals surface area contributed by atoms with E-state index in [9.17, 15) is 9.59 Å². The van der Waals surface area contributed by atoms with Gasteiger partial charge in [0.05, 0.1) is 36.1 Å². The molecule has 0 unspecified atom stereocenters. The van der Waals surface area contributed by atoms with Gasteiger partial charge in [-0.3, -0.25) is 14.3 Å². The van der Waals surface area contributed by atoms with Gasteiger partial charge in [0, 0.05) is 12.4 Å². The Morgan fingerprint density at radius 2 is 2.07 bits per heavy atom. The standard InChI is InChI=1S/C22H19N3O4S/c1-13-18(21(27)29-3)19(15-7-4-8-16(11-15)28-2)25-20(26)17(30-22(25)24-13)10-14-6-5-9-23-12-14/h4-12,19H,1-3H3/b17-10-/t19-/m1/s1. The Labute approximate surface area is 176 Å². The molecule has 1 aliphatic heterocycles. The van der Waals surface area contributed by atoms with Crippen LogP contribution in [0.25, 0.3) is 6.08 Å². The van der Waals surface area contributed by atoms with Gasteiger partial charge in [0.2, 0.25) is 0 Å². The van der Waals surface area contributed by atoms with Crippen molar-refractivity contribution in [3.05, 3.63) is 90.9 Å².